The molecule has 3 nitrogen and oxygen atoms in total. The molecule has 1 heterocycles. The van der Waals surface area contributed by atoms with Gasteiger partial charge in [-0.15, -0.1) is 0 Å². The van der Waals surface area contributed by atoms with Gasteiger partial charge in [-0.25, -0.2) is 0 Å². The molecule has 1 fully saturated rings. The summed E-state index contributed by atoms with van der Waals surface area (Å²) < 4.78 is 17.9. The molecule has 1 aliphatic heterocycles. The van der Waals surface area contributed by atoms with Gasteiger partial charge in [0.1, 0.15) is 0 Å². The maximum Gasteiger partial charge on any atom is 0.0782 e. The van der Waals surface area contributed by atoms with Gasteiger partial charge in [0, 0.05) is 12.6 Å². The smallest absolute Gasteiger partial charge is 0.0782 e. The average molecular weight is 274 g/mol. The van der Waals surface area contributed by atoms with Crippen molar-refractivity contribution in [2.45, 2.75) is 22.6 Å². The molecule has 17 heavy (non-hydrogen) atoms. The van der Waals surface area contributed by atoms with Crippen molar-refractivity contribution in [3.05, 3.63) is 29.3 Å². The van der Waals surface area contributed by atoms with Gasteiger partial charge < -0.3 is 10.1 Å². The summed E-state index contributed by atoms with van der Waals surface area (Å²) in [7, 11) is 0.765. The van der Waals surface area contributed by atoms with E-state index in [1.54, 1.807) is 6.07 Å². The fraction of sp³-hybridized carbons (Fsp3) is 0.500. The van der Waals surface area contributed by atoms with Gasteiger partial charge in [-0.2, -0.15) is 0 Å². The van der Waals surface area contributed by atoms with Crippen LogP contribution < -0.4 is 5.32 Å². The molecule has 1 saturated heterocycles. The molecule has 0 spiro atoms. The summed E-state index contributed by atoms with van der Waals surface area (Å²) in [5.41, 5.74) is 0. The standard InChI is InChI=1S/C12H16ClNO2S/c1-14-10-6-7-16-8-12(10)17(15)11-5-3-2-4-9(11)13/h2-5,10,12,14H,6-8H2,1H3. The van der Waals surface area contributed by atoms with Gasteiger partial charge >= 0.3 is 0 Å². The van der Waals surface area contributed by atoms with Crippen molar-refractivity contribution in [2.24, 2.45) is 0 Å². The van der Waals surface area contributed by atoms with Crippen molar-refractivity contribution < 1.29 is 8.95 Å². The van der Waals surface area contributed by atoms with Crippen molar-refractivity contribution in [3.63, 3.8) is 0 Å². The third-order valence-corrected chi connectivity index (χ3v) is 5.25. The molecule has 3 unspecified atom stereocenters. The second-order valence-corrected chi connectivity index (χ2v) is 6.07. The monoisotopic (exact) mass is 273 g/mol. The van der Waals surface area contributed by atoms with E-state index < -0.39 is 10.8 Å². The van der Waals surface area contributed by atoms with Gasteiger partial charge in [0.15, 0.2) is 0 Å². The Bertz CT molecular complexity index is 413. The Morgan fingerprint density at radius 3 is 2.94 bits per heavy atom. The Hall–Kier alpha value is -0.420. The Labute approximate surface area is 109 Å². The Morgan fingerprint density at radius 1 is 1.47 bits per heavy atom. The van der Waals surface area contributed by atoms with Crippen LogP contribution in [0, 0.1) is 0 Å². The van der Waals surface area contributed by atoms with E-state index in [1.807, 2.05) is 25.2 Å². The highest BCUT2D eigenvalue weighted by atomic mass is 35.5. The lowest BCUT2D eigenvalue weighted by Gasteiger charge is -2.30. The third-order valence-electron chi connectivity index (χ3n) is 3.00. The first-order valence-corrected chi connectivity index (χ1v) is 7.23. The van der Waals surface area contributed by atoms with Crippen LogP contribution in [-0.4, -0.2) is 35.8 Å². The fourth-order valence-corrected chi connectivity index (χ4v) is 3.98. The summed E-state index contributed by atoms with van der Waals surface area (Å²) in [5.74, 6) is 0. The van der Waals surface area contributed by atoms with Gasteiger partial charge in [-0.1, -0.05) is 23.7 Å². The van der Waals surface area contributed by atoms with E-state index in [0.29, 0.717) is 16.5 Å². The zero-order valence-electron chi connectivity index (χ0n) is 9.69. The zero-order valence-corrected chi connectivity index (χ0v) is 11.3. The van der Waals surface area contributed by atoms with E-state index in [2.05, 4.69) is 5.32 Å². The van der Waals surface area contributed by atoms with Crippen LogP contribution in [0.4, 0.5) is 0 Å². The van der Waals surface area contributed by atoms with Crippen molar-refractivity contribution in [1.29, 1.82) is 0 Å². The number of nitrogens with one attached hydrogen (secondary N) is 1. The molecule has 0 saturated carbocycles. The average Bonchev–Trinajstić information content (AvgIpc) is 2.38. The lowest BCUT2D eigenvalue weighted by Crippen LogP contribution is -2.47. The summed E-state index contributed by atoms with van der Waals surface area (Å²) in [6, 6.07) is 7.51. The number of hydrogen-bond acceptors (Lipinski definition) is 3. The second-order valence-electron chi connectivity index (χ2n) is 4.03. The minimum absolute atomic E-state index is 0.0337. The van der Waals surface area contributed by atoms with Crippen molar-refractivity contribution in [1.82, 2.24) is 5.32 Å². The Balaban J connectivity index is 2.21. The first-order valence-electron chi connectivity index (χ1n) is 5.64. The lowest BCUT2D eigenvalue weighted by molar-refractivity contribution is 0.0838. The van der Waals surface area contributed by atoms with Crippen LogP contribution in [0.2, 0.25) is 5.02 Å². The van der Waals surface area contributed by atoms with E-state index in [1.165, 1.54) is 0 Å². The second kappa shape index (κ2) is 5.96. The number of hydrogen-bond donors (Lipinski definition) is 1. The number of benzene rings is 1. The molecule has 94 valence electrons. The SMILES string of the molecule is CNC1CCOCC1S(=O)c1ccccc1Cl. The maximum atomic E-state index is 12.5. The summed E-state index contributed by atoms with van der Waals surface area (Å²) in [6.45, 7) is 1.24. The highest BCUT2D eigenvalue weighted by Gasteiger charge is 2.31. The van der Waals surface area contributed by atoms with E-state index in [0.717, 1.165) is 13.0 Å². The summed E-state index contributed by atoms with van der Waals surface area (Å²) in [6.07, 6.45) is 0.886. The molecule has 1 aromatic carbocycles. The van der Waals surface area contributed by atoms with Gasteiger partial charge in [-0.3, -0.25) is 4.21 Å². The molecule has 1 aliphatic rings. The zero-order chi connectivity index (χ0) is 12.3. The van der Waals surface area contributed by atoms with Crippen molar-refractivity contribution in [3.8, 4) is 0 Å². The van der Waals surface area contributed by atoms with Gasteiger partial charge in [0.2, 0.25) is 0 Å². The van der Waals surface area contributed by atoms with E-state index in [4.69, 9.17) is 16.3 Å². The lowest BCUT2D eigenvalue weighted by atomic mass is 10.1. The molecule has 1 aromatic rings. The molecule has 0 radical (unpaired) electrons. The molecule has 0 amide bonds. The van der Waals surface area contributed by atoms with E-state index >= 15 is 0 Å². The van der Waals surface area contributed by atoms with Crippen LogP contribution in [0.25, 0.3) is 0 Å². The van der Waals surface area contributed by atoms with Crippen LogP contribution in [0.1, 0.15) is 6.42 Å². The van der Waals surface area contributed by atoms with Gasteiger partial charge in [0.05, 0.1) is 32.6 Å². The molecule has 1 N–H and O–H groups in total. The minimum atomic E-state index is -1.13. The molecule has 5 heteroatoms. The first kappa shape index (κ1) is 13.0. The summed E-state index contributed by atoms with van der Waals surface area (Å²) >= 11 is 6.07. The number of ether oxygens (including phenoxy) is 1. The fourth-order valence-electron chi connectivity index (χ4n) is 2.02. The van der Waals surface area contributed by atoms with Crippen LogP contribution in [0.3, 0.4) is 0 Å². The molecule has 0 bridgehead atoms. The molecular formula is C12H16ClNO2S. The van der Waals surface area contributed by atoms with Crippen LogP contribution in [0.5, 0.6) is 0 Å². The molecule has 2 rings (SSSR count). The number of halogens is 1. The highest BCUT2D eigenvalue weighted by Crippen LogP contribution is 2.25. The summed E-state index contributed by atoms with van der Waals surface area (Å²) in [4.78, 5) is 0.699. The number of rotatable bonds is 3. The van der Waals surface area contributed by atoms with Crippen LogP contribution in [-0.2, 0) is 15.5 Å². The van der Waals surface area contributed by atoms with Crippen LogP contribution in [0.15, 0.2) is 29.2 Å². The summed E-state index contributed by atoms with van der Waals surface area (Å²) in [5, 5.41) is 3.74. The van der Waals surface area contributed by atoms with Crippen molar-refractivity contribution in [2.75, 3.05) is 20.3 Å². The van der Waals surface area contributed by atoms with Gasteiger partial charge in [-0.05, 0) is 25.6 Å². The molecule has 0 aliphatic carbocycles. The largest absolute Gasteiger partial charge is 0.380 e. The van der Waals surface area contributed by atoms with Crippen molar-refractivity contribution >= 4 is 22.4 Å². The molecule has 0 aromatic heterocycles. The Morgan fingerprint density at radius 2 is 2.24 bits per heavy atom. The van der Waals surface area contributed by atoms with Crippen LogP contribution >= 0.6 is 11.6 Å². The quantitative estimate of drug-likeness (QED) is 0.913. The third kappa shape index (κ3) is 2.88. The minimum Gasteiger partial charge on any atom is -0.380 e. The first-order chi connectivity index (χ1) is 8.24. The van der Waals surface area contributed by atoms with Gasteiger partial charge in [0.25, 0.3) is 0 Å². The predicted octanol–water partition coefficient (Wildman–Crippen LogP) is 1.82. The molecular weight excluding hydrogens is 258 g/mol. The van der Waals surface area contributed by atoms with E-state index in [9.17, 15) is 4.21 Å². The highest BCUT2D eigenvalue weighted by molar-refractivity contribution is 7.86. The topological polar surface area (TPSA) is 38.3 Å². The predicted molar refractivity (Wildman–Crippen MR) is 69.9 cm³/mol. The molecule has 3 atom stereocenters. The maximum absolute atomic E-state index is 12.5. The Kier molecular flexibility index (Phi) is 4.56. The normalized spacial score (nSPS) is 26.7. The van der Waals surface area contributed by atoms with E-state index in [-0.39, 0.29) is 11.3 Å².